The van der Waals surface area contributed by atoms with E-state index in [4.69, 9.17) is 0 Å². The normalized spacial score (nSPS) is 12.4. The van der Waals surface area contributed by atoms with Crippen molar-refractivity contribution in [2.24, 2.45) is 0 Å². The third-order valence-corrected chi connectivity index (χ3v) is 4.81. The number of hydrogen-bond acceptors (Lipinski definition) is 3. The molecule has 0 saturated carbocycles. The smallest absolute Gasteiger partial charge is 0.246 e. The van der Waals surface area contributed by atoms with Gasteiger partial charge in [-0.1, -0.05) is 81.5 Å². The predicted octanol–water partition coefficient (Wildman–Crippen LogP) is 5.90. The van der Waals surface area contributed by atoms with E-state index in [0.29, 0.717) is 5.25 Å². The van der Waals surface area contributed by atoms with Crippen LogP contribution in [0.2, 0.25) is 0 Å². The minimum absolute atomic E-state index is 0.206. The number of hydrogen-bond donors (Lipinski definition) is 0. The first kappa shape index (κ1) is 17.1. The summed E-state index contributed by atoms with van der Waals surface area (Å²) in [5.74, 6) is 0. The summed E-state index contributed by atoms with van der Waals surface area (Å²) in [7, 11) is 0. The Balaban J connectivity index is 3.43. The molecule has 0 saturated heterocycles. The van der Waals surface area contributed by atoms with Crippen molar-refractivity contribution in [3.05, 3.63) is 12.7 Å². The molecule has 100 valence electrons. The molecule has 0 aliphatic heterocycles. The van der Waals surface area contributed by atoms with Crippen molar-refractivity contribution in [3.63, 3.8) is 0 Å². The molecule has 0 aromatic rings. The second kappa shape index (κ2) is 12.6. The summed E-state index contributed by atoms with van der Waals surface area (Å²) in [5.41, 5.74) is 0. The van der Waals surface area contributed by atoms with Gasteiger partial charge in [-0.3, -0.25) is 4.79 Å². The van der Waals surface area contributed by atoms with Crippen LogP contribution in [0.25, 0.3) is 0 Å². The zero-order valence-electron chi connectivity index (χ0n) is 11.2. The number of carbonyl (C=O) groups excluding carboxylic acids is 1. The quantitative estimate of drug-likeness (QED) is 0.365. The highest BCUT2D eigenvalue weighted by atomic mass is 32.2. The van der Waals surface area contributed by atoms with Crippen molar-refractivity contribution >= 4 is 28.0 Å². The molecule has 1 nitrogen and oxygen atoms in total. The Labute approximate surface area is 115 Å². The fourth-order valence-corrected chi connectivity index (χ4v) is 3.08. The molecular weight excluding hydrogens is 248 g/mol. The van der Waals surface area contributed by atoms with Crippen LogP contribution in [0.3, 0.4) is 0 Å². The maximum absolute atomic E-state index is 11.3. The molecule has 0 aromatic carbocycles. The monoisotopic (exact) mass is 274 g/mol. The highest BCUT2D eigenvalue weighted by Gasteiger charge is 2.09. The van der Waals surface area contributed by atoms with E-state index >= 15 is 0 Å². The highest BCUT2D eigenvalue weighted by Crippen LogP contribution is 2.24. The first-order valence-electron chi connectivity index (χ1n) is 6.61. The topological polar surface area (TPSA) is 17.1 Å². The zero-order valence-corrected chi connectivity index (χ0v) is 12.9. The summed E-state index contributed by atoms with van der Waals surface area (Å²) in [6.45, 7) is 6.05. The minimum atomic E-state index is 0.206. The Morgan fingerprint density at radius 2 is 1.76 bits per heavy atom. The first-order valence-corrected chi connectivity index (χ1v) is 8.72. The van der Waals surface area contributed by atoms with Crippen LogP contribution >= 0.6 is 23.5 Å². The van der Waals surface area contributed by atoms with Gasteiger partial charge in [0.15, 0.2) is 0 Å². The molecule has 0 amide bonds. The van der Waals surface area contributed by atoms with Crippen LogP contribution in [0.4, 0.5) is 4.79 Å². The maximum Gasteiger partial charge on any atom is 0.246 e. The van der Waals surface area contributed by atoms with Gasteiger partial charge in [0.1, 0.15) is 0 Å². The molecule has 17 heavy (non-hydrogen) atoms. The lowest BCUT2D eigenvalue weighted by Crippen LogP contribution is -2.00. The van der Waals surface area contributed by atoms with E-state index in [2.05, 4.69) is 13.5 Å². The molecule has 0 rings (SSSR count). The van der Waals surface area contributed by atoms with Crippen LogP contribution in [0.1, 0.15) is 58.3 Å². The molecule has 1 atom stereocenters. The van der Waals surface area contributed by atoms with Gasteiger partial charge in [0, 0.05) is 5.25 Å². The second-order valence-corrected chi connectivity index (χ2v) is 6.51. The third-order valence-electron chi connectivity index (χ3n) is 2.77. The fraction of sp³-hybridized carbons (Fsp3) is 0.786. The maximum atomic E-state index is 11.3. The summed E-state index contributed by atoms with van der Waals surface area (Å²) in [6.07, 6.45) is 14.1. The van der Waals surface area contributed by atoms with Crippen LogP contribution in [0.15, 0.2) is 12.7 Å². The largest absolute Gasteiger partial charge is 0.274 e. The predicted molar refractivity (Wildman–Crippen MR) is 83.1 cm³/mol. The molecule has 0 aromatic heterocycles. The molecule has 0 fully saturated rings. The lowest BCUT2D eigenvalue weighted by atomic mass is 10.1. The van der Waals surface area contributed by atoms with Crippen LogP contribution in [0.5, 0.6) is 0 Å². The van der Waals surface area contributed by atoms with Crippen molar-refractivity contribution in [1.29, 1.82) is 0 Å². The lowest BCUT2D eigenvalue weighted by Gasteiger charge is -2.09. The van der Waals surface area contributed by atoms with E-state index in [1.807, 2.05) is 12.3 Å². The van der Waals surface area contributed by atoms with Gasteiger partial charge in [-0.15, -0.1) is 6.58 Å². The fourth-order valence-electron chi connectivity index (χ4n) is 1.70. The summed E-state index contributed by atoms with van der Waals surface area (Å²) in [5, 5.41) is 0.311. The van der Waals surface area contributed by atoms with Gasteiger partial charge in [-0.25, -0.2) is 0 Å². The Morgan fingerprint density at radius 1 is 1.18 bits per heavy atom. The minimum Gasteiger partial charge on any atom is -0.274 e. The molecule has 3 heteroatoms. The standard InChI is InChI=1S/C14H26OS2/c1-4-6-7-8-9-10-11-12-13(5-2)17-14(15)16-3/h5,13H,2,4,6-12H2,1,3H3. The number of thioether (sulfide) groups is 2. The Hall–Kier alpha value is 0.110. The molecule has 0 aliphatic rings. The van der Waals surface area contributed by atoms with Crippen molar-refractivity contribution in [1.82, 2.24) is 0 Å². The lowest BCUT2D eigenvalue weighted by molar-refractivity contribution is 0.276. The SMILES string of the molecule is C=CC(CCCCCCCCC)SC(=O)SC. The summed E-state index contributed by atoms with van der Waals surface area (Å²) >= 11 is 2.72. The Kier molecular flexibility index (Phi) is 12.6. The molecular formula is C14H26OS2. The van der Waals surface area contributed by atoms with Gasteiger partial charge in [0.25, 0.3) is 0 Å². The molecule has 0 N–H and O–H groups in total. The molecule has 1 unspecified atom stereocenters. The first-order chi connectivity index (χ1) is 8.24. The third kappa shape index (κ3) is 11.0. The molecule has 0 bridgehead atoms. The van der Waals surface area contributed by atoms with Gasteiger partial charge < -0.3 is 0 Å². The number of unbranched alkanes of at least 4 members (excludes halogenated alkanes) is 6. The average Bonchev–Trinajstić information content (AvgIpc) is 2.35. The van der Waals surface area contributed by atoms with Crippen LogP contribution in [0, 0.1) is 0 Å². The second-order valence-electron chi connectivity index (χ2n) is 4.26. The van der Waals surface area contributed by atoms with E-state index in [1.165, 1.54) is 68.5 Å². The van der Waals surface area contributed by atoms with Gasteiger partial charge in [0.05, 0.1) is 0 Å². The van der Waals surface area contributed by atoms with Crippen molar-refractivity contribution in [2.45, 2.75) is 63.5 Å². The van der Waals surface area contributed by atoms with E-state index in [-0.39, 0.29) is 4.45 Å². The highest BCUT2D eigenvalue weighted by molar-refractivity contribution is 8.38. The van der Waals surface area contributed by atoms with E-state index in [9.17, 15) is 4.79 Å². The van der Waals surface area contributed by atoms with E-state index in [0.717, 1.165) is 6.42 Å². The zero-order chi connectivity index (χ0) is 12.9. The van der Waals surface area contributed by atoms with Gasteiger partial charge in [-0.05, 0) is 12.7 Å². The average molecular weight is 274 g/mol. The van der Waals surface area contributed by atoms with Crippen LogP contribution in [-0.4, -0.2) is 16.0 Å². The molecule has 0 aliphatic carbocycles. The van der Waals surface area contributed by atoms with Gasteiger partial charge in [0.2, 0.25) is 4.45 Å². The summed E-state index contributed by atoms with van der Waals surface area (Å²) < 4.78 is 0.206. The molecule has 0 radical (unpaired) electrons. The van der Waals surface area contributed by atoms with Gasteiger partial charge >= 0.3 is 0 Å². The van der Waals surface area contributed by atoms with Crippen LogP contribution < -0.4 is 0 Å². The summed E-state index contributed by atoms with van der Waals surface area (Å²) in [6, 6.07) is 0. The van der Waals surface area contributed by atoms with Crippen molar-refractivity contribution in [3.8, 4) is 0 Å². The Morgan fingerprint density at radius 3 is 2.29 bits per heavy atom. The molecule has 0 heterocycles. The van der Waals surface area contributed by atoms with Crippen molar-refractivity contribution < 1.29 is 4.79 Å². The van der Waals surface area contributed by atoms with Crippen molar-refractivity contribution in [2.75, 3.05) is 6.26 Å². The van der Waals surface area contributed by atoms with E-state index < -0.39 is 0 Å². The van der Waals surface area contributed by atoms with E-state index in [1.54, 1.807) is 0 Å². The van der Waals surface area contributed by atoms with Gasteiger partial charge in [-0.2, -0.15) is 0 Å². The van der Waals surface area contributed by atoms with Crippen LogP contribution in [-0.2, 0) is 0 Å². The summed E-state index contributed by atoms with van der Waals surface area (Å²) in [4.78, 5) is 11.3. The molecule has 0 spiro atoms. The Bertz CT molecular complexity index is 204. The number of rotatable bonds is 10. The number of carbonyl (C=O) groups is 1.